The lowest BCUT2D eigenvalue weighted by Crippen LogP contribution is -2.48. The molecule has 1 heterocycles. The summed E-state index contributed by atoms with van der Waals surface area (Å²) in [5, 5.41) is 8.65. The maximum atomic E-state index is 12.4. The Hall–Kier alpha value is -1.59. The van der Waals surface area contributed by atoms with Crippen molar-refractivity contribution in [1.29, 1.82) is 0 Å². The molecule has 0 saturated carbocycles. The second kappa shape index (κ2) is 9.53. The van der Waals surface area contributed by atoms with E-state index in [1.54, 1.807) is 0 Å². The van der Waals surface area contributed by atoms with Crippen molar-refractivity contribution in [2.75, 3.05) is 32.7 Å². The number of hydrogen-bond donors (Lipinski definition) is 1. The maximum absolute atomic E-state index is 12.4. The van der Waals surface area contributed by atoms with Crippen molar-refractivity contribution < 1.29 is 14.7 Å². The Labute approximate surface area is 143 Å². The summed E-state index contributed by atoms with van der Waals surface area (Å²) >= 11 is 0. The lowest BCUT2D eigenvalue weighted by Gasteiger charge is -2.34. The van der Waals surface area contributed by atoms with Crippen molar-refractivity contribution in [1.82, 2.24) is 9.80 Å². The molecule has 5 nitrogen and oxygen atoms in total. The van der Waals surface area contributed by atoms with Gasteiger partial charge >= 0.3 is 5.97 Å². The third-order valence-electron chi connectivity index (χ3n) is 4.13. The molecular formula is C17H25ClN2O3. The first-order chi connectivity index (χ1) is 10.6. The minimum atomic E-state index is -0.746. The number of halogens is 1. The van der Waals surface area contributed by atoms with E-state index >= 15 is 0 Å². The highest BCUT2D eigenvalue weighted by Crippen LogP contribution is 2.11. The number of amides is 1. The molecule has 1 N–H and O–H groups in total. The molecule has 1 amide bonds. The quantitative estimate of drug-likeness (QED) is 0.863. The number of carboxylic acids is 1. The van der Waals surface area contributed by atoms with E-state index in [2.05, 4.69) is 11.8 Å². The fraction of sp³-hybridized carbons (Fsp3) is 0.529. The van der Waals surface area contributed by atoms with Crippen molar-refractivity contribution in [3.63, 3.8) is 0 Å². The van der Waals surface area contributed by atoms with Gasteiger partial charge in [0.05, 0.1) is 0 Å². The Bertz CT molecular complexity index is 511. The van der Waals surface area contributed by atoms with Crippen LogP contribution in [0.1, 0.15) is 35.7 Å². The molecule has 0 unspecified atom stereocenters. The third-order valence-corrected chi connectivity index (χ3v) is 4.13. The summed E-state index contributed by atoms with van der Waals surface area (Å²) in [6.45, 7) is 5.94. The van der Waals surface area contributed by atoms with Gasteiger partial charge in [-0.25, -0.2) is 0 Å². The normalized spacial score (nSPS) is 15.1. The van der Waals surface area contributed by atoms with E-state index in [-0.39, 0.29) is 24.7 Å². The summed E-state index contributed by atoms with van der Waals surface area (Å²) in [4.78, 5) is 27.1. The number of aryl methyl sites for hydroxylation is 1. The topological polar surface area (TPSA) is 60.9 Å². The highest BCUT2D eigenvalue weighted by atomic mass is 35.5. The summed E-state index contributed by atoms with van der Waals surface area (Å²) in [5.41, 5.74) is 1.98. The average molecular weight is 341 g/mol. The predicted molar refractivity (Wildman–Crippen MR) is 92.3 cm³/mol. The summed E-state index contributed by atoms with van der Waals surface area (Å²) in [7, 11) is 0. The predicted octanol–water partition coefficient (Wildman–Crippen LogP) is 2.29. The molecule has 23 heavy (non-hydrogen) atoms. The van der Waals surface area contributed by atoms with Gasteiger partial charge in [0.25, 0.3) is 5.91 Å². The lowest BCUT2D eigenvalue weighted by molar-refractivity contribution is -0.137. The number of piperazine rings is 1. The minimum absolute atomic E-state index is 0. The summed E-state index contributed by atoms with van der Waals surface area (Å²) in [6.07, 6.45) is 1.86. The van der Waals surface area contributed by atoms with Crippen LogP contribution in [0.5, 0.6) is 0 Å². The Kier molecular flexibility index (Phi) is 8.06. The molecule has 6 heteroatoms. The average Bonchev–Trinajstić information content (AvgIpc) is 2.54. The monoisotopic (exact) mass is 340 g/mol. The molecule has 1 saturated heterocycles. The van der Waals surface area contributed by atoms with E-state index < -0.39 is 5.97 Å². The smallest absolute Gasteiger partial charge is 0.303 e. The molecule has 1 aromatic carbocycles. The number of benzene rings is 1. The standard InChI is InChI=1S/C17H24N2O3.ClH/c1-2-14-5-7-15(8-6-14)17(22)19-12-10-18(11-13-19)9-3-4-16(20)21;/h5-8H,2-4,9-13H2,1H3,(H,20,21);1H. The van der Waals surface area contributed by atoms with E-state index in [1.807, 2.05) is 29.2 Å². The van der Waals surface area contributed by atoms with Crippen LogP contribution >= 0.6 is 12.4 Å². The molecule has 0 spiro atoms. The molecule has 1 aliphatic rings. The number of carbonyl (C=O) groups is 2. The molecule has 2 rings (SSSR count). The lowest BCUT2D eigenvalue weighted by atomic mass is 10.1. The van der Waals surface area contributed by atoms with E-state index in [4.69, 9.17) is 5.11 Å². The summed E-state index contributed by atoms with van der Waals surface area (Å²) in [6, 6.07) is 7.82. The van der Waals surface area contributed by atoms with Crippen LogP contribution in [0.4, 0.5) is 0 Å². The fourth-order valence-corrected chi connectivity index (χ4v) is 2.69. The first-order valence-electron chi connectivity index (χ1n) is 7.92. The largest absolute Gasteiger partial charge is 0.481 e. The van der Waals surface area contributed by atoms with Crippen LogP contribution in [-0.4, -0.2) is 59.5 Å². The minimum Gasteiger partial charge on any atom is -0.481 e. The van der Waals surface area contributed by atoms with Gasteiger partial charge in [0.1, 0.15) is 0 Å². The van der Waals surface area contributed by atoms with Crippen LogP contribution < -0.4 is 0 Å². The molecule has 1 aliphatic heterocycles. The van der Waals surface area contributed by atoms with Gasteiger partial charge < -0.3 is 10.0 Å². The second-order valence-electron chi connectivity index (χ2n) is 5.68. The van der Waals surface area contributed by atoms with Crippen molar-refractivity contribution in [3.05, 3.63) is 35.4 Å². The number of hydrogen-bond acceptors (Lipinski definition) is 3. The number of rotatable bonds is 6. The third kappa shape index (κ3) is 5.84. The van der Waals surface area contributed by atoms with Crippen LogP contribution in [0.15, 0.2) is 24.3 Å². The van der Waals surface area contributed by atoms with E-state index in [0.29, 0.717) is 19.5 Å². The second-order valence-corrected chi connectivity index (χ2v) is 5.68. The first-order valence-corrected chi connectivity index (χ1v) is 7.92. The fourth-order valence-electron chi connectivity index (χ4n) is 2.69. The van der Waals surface area contributed by atoms with Gasteiger partial charge in [0.15, 0.2) is 0 Å². The van der Waals surface area contributed by atoms with Crippen molar-refractivity contribution in [2.45, 2.75) is 26.2 Å². The van der Waals surface area contributed by atoms with Gasteiger partial charge in [-0.15, -0.1) is 12.4 Å². The molecule has 1 fully saturated rings. The van der Waals surface area contributed by atoms with Crippen molar-refractivity contribution >= 4 is 24.3 Å². The van der Waals surface area contributed by atoms with Gasteiger partial charge in [-0.3, -0.25) is 14.5 Å². The molecular weight excluding hydrogens is 316 g/mol. The van der Waals surface area contributed by atoms with E-state index in [0.717, 1.165) is 31.6 Å². The zero-order valence-electron chi connectivity index (χ0n) is 13.5. The zero-order valence-corrected chi connectivity index (χ0v) is 14.3. The molecule has 128 valence electrons. The van der Waals surface area contributed by atoms with Gasteiger partial charge in [-0.05, 0) is 37.1 Å². The molecule has 0 aliphatic carbocycles. The Morgan fingerprint density at radius 2 is 1.70 bits per heavy atom. The van der Waals surface area contributed by atoms with Crippen LogP contribution in [0.2, 0.25) is 0 Å². The Morgan fingerprint density at radius 3 is 2.22 bits per heavy atom. The molecule has 0 aromatic heterocycles. The van der Waals surface area contributed by atoms with Crippen molar-refractivity contribution in [3.8, 4) is 0 Å². The highest BCUT2D eigenvalue weighted by Gasteiger charge is 2.21. The number of carboxylic acid groups (broad SMARTS) is 1. The number of nitrogens with zero attached hydrogens (tertiary/aromatic N) is 2. The van der Waals surface area contributed by atoms with Crippen LogP contribution in [0.3, 0.4) is 0 Å². The van der Waals surface area contributed by atoms with Gasteiger partial charge in [0.2, 0.25) is 0 Å². The van der Waals surface area contributed by atoms with Gasteiger partial charge in [0, 0.05) is 38.2 Å². The van der Waals surface area contributed by atoms with E-state index in [9.17, 15) is 9.59 Å². The van der Waals surface area contributed by atoms with Crippen LogP contribution in [0, 0.1) is 0 Å². The van der Waals surface area contributed by atoms with Crippen LogP contribution in [-0.2, 0) is 11.2 Å². The molecule has 0 radical (unpaired) electrons. The Balaban J connectivity index is 0.00000264. The van der Waals surface area contributed by atoms with Gasteiger partial charge in [-0.1, -0.05) is 19.1 Å². The molecule has 0 atom stereocenters. The van der Waals surface area contributed by atoms with Crippen LogP contribution in [0.25, 0.3) is 0 Å². The molecule has 1 aromatic rings. The zero-order chi connectivity index (χ0) is 15.9. The van der Waals surface area contributed by atoms with Crippen molar-refractivity contribution in [2.24, 2.45) is 0 Å². The maximum Gasteiger partial charge on any atom is 0.303 e. The summed E-state index contributed by atoms with van der Waals surface area (Å²) < 4.78 is 0. The summed E-state index contributed by atoms with van der Waals surface area (Å²) in [5.74, 6) is -0.655. The highest BCUT2D eigenvalue weighted by molar-refractivity contribution is 5.94. The molecule has 0 bridgehead atoms. The first kappa shape index (κ1) is 19.5. The number of carbonyl (C=O) groups excluding carboxylic acids is 1. The SMILES string of the molecule is CCc1ccc(C(=O)N2CCN(CCCC(=O)O)CC2)cc1.Cl. The van der Waals surface area contributed by atoms with E-state index in [1.165, 1.54) is 5.56 Å². The number of aliphatic carboxylic acids is 1. The van der Waals surface area contributed by atoms with Gasteiger partial charge in [-0.2, -0.15) is 0 Å². The Morgan fingerprint density at radius 1 is 1.09 bits per heavy atom.